The van der Waals surface area contributed by atoms with E-state index < -0.39 is 5.24 Å². The Hall–Kier alpha value is -2.24. The average molecular weight is 371 g/mol. The molecule has 1 saturated heterocycles. The second kappa shape index (κ2) is 6.58. The van der Waals surface area contributed by atoms with Crippen LogP contribution in [0.3, 0.4) is 0 Å². The van der Waals surface area contributed by atoms with E-state index in [9.17, 15) is 9.59 Å². The predicted octanol–water partition coefficient (Wildman–Crippen LogP) is 4.08. The predicted molar refractivity (Wildman–Crippen MR) is 99.4 cm³/mol. The van der Waals surface area contributed by atoms with Crippen LogP contribution in [-0.4, -0.2) is 27.6 Å². The maximum atomic E-state index is 12.0. The van der Waals surface area contributed by atoms with E-state index in [0.717, 1.165) is 21.7 Å². The van der Waals surface area contributed by atoms with Crippen molar-refractivity contribution in [3.8, 4) is 10.6 Å². The number of carbonyl (C=O) groups excluding carboxylic acids is 2. The molecule has 0 radical (unpaired) electrons. The number of rotatable bonds is 4. The molecule has 1 aliphatic heterocycles. The van der Waals surface area contributed by atoms with Gasteiger partial charge in [0.1, 0.15) is 5.01 Å². The summed E-state index contributed by atoms with van der Waals surface area (Å²) in [4.78, 5) is 29.6. The number of halogens is 1. The normalized spacial score (nSPS) is 17.4. The summed E-state index contributed by atoms with van der Waals surface area (Å²) in [5.74, 6) is -0.398. The van der Waals surface area contributed by atoms with E-state index in [1.807, 2.05) is 42.5 Å². The topological polar surface area (TPSA) is 50.3 Å². The summed E-state index contributed by atoms with van der Waals surface area (Å²) in [6.45, 7) is 0.903. The molecule has 0 N–H and O–H groups in total. The summed E-state index contributed by atoms with van der Waals surface area (Å²) in [7, 11) is 0. The number of nitrogens with zero attached hydrogens (tertiary/aromatic N) is 2. The molecule has 2 aromatic carbocycles. The molecule has 4 nitrogen and oxygen atoms in total. The Bertz CT molecular complexity index is 918. The van der Waals surface area contributed by atoms with Gasteiger partial charge in [-0.15, -0.1) is 11.3 Å². The van der Waals surface area contributed by atoms with Crippen LogP contribution in [0.1, 0.15) is 12.0 Å². The second-order valence-corrected chi connectivity index (χ2v) is 7.57. The molecule has 1 aliphatic rings. The van der Waals surface area contributed by atoms with Crippen LogP contribution in [0.2, 0.25) is 0 Å². The lowest BCUT2D eigenvalue weighted by Gasteiger charge is -2.16. The first-order valence-corrected chi connectivity index (χ1v) is 9.21. The van der Waals surface area contributed by atoms with Crippen LogP contribution >= 0.6 is 22.9 Å². The first-order chi connectivity index (χ1) is 12.1. The van der Waals surface area contributed by atoms with Gasteiger partial charge in [0.15, 0.2) is 0 Å². The molecule has 4 rings (SSSR count). The van der Waals surface area contributed by atoms with Gasteiger partial charge in [0, 0.05) is 25.1 Å². The zero-order chi connectivity index (χ0) is 17.4. The number of hydrogen-bond acceptors (Lipinski definition) is 4. The van der Waals surface area contributed by atoms with E-state index in [0.29, 0.717) is 13.1 Å². The molecule has 3 aromatic rings. The highest BCUT2D eigenvalue weighted by molar-refractivity contribution is 7.21. The molecule has 1 aromatic heterocycles. The van der Waals surface area contributed by atoms with Gasteiger partial charge in [0.2, 0.25) is 11.1 Å². The fraction of sp³-hybridized carbons (Fsp3) is 0.211. The monoisotopic (exact) mass is 370 g/mol. The van der Waals surface area contributed by atoms with Crippen LogP contribution < -0.4 is 0 Å². The second-order valence-electron chi connectivity index (χ2n) is 6.16. The molecular weight excluding hydrogens is 356 g/mol. The summed E-state index contributed by atoms with van der Waals surface area (Å²) >= 11 is 7.18. The van der Waals surface area contributed by atoms with Gasteiger partial charge in [0.25, 0.3) is 0 Å². The van der Waals surface area contributed by atoms with Crippen molar-refractivity contribution in [2.75, 3.05) is 6.54 Å². The molecule has 0 saturated carbocycles. The first kappa shape index (κ1) is 16.2. The zero-order valence-electron chi connectivity index (χ0n) is 13.3. The van der Waals surface area contributed by atoms with Crippen molar-refractivity contribution >= 4 is 44.3 Å². The maximum absolute atomic E-state index is 12.0. The minimum atomic E-state index is -0.429. The standard InChI is InChI=1S/C19H15ClN2O2S/c20-18(24)14-9-17(23)22(11-14)10-12-5-7-13(8-6-12)19-21-15-3-1-2-4-16(15)25-19/h1-8,14H,9-11H2/t14-/m1/s1. The first-order valence-electron chi connectivity index (χ1n) is 8.02. The van der Waals surface area contributed by atoms with Crippen LogP contribution in [-0.2, 0) is 16.1 Å². The van der Waals surface area contributed by atoms with Gasteiger partial charge in [-0.3, -0.25) is 9.59 Å². The number of hydrogen-bond donors (Lipinski definition) is 0. The molecule has 0 bridgehead atoms. The van der Waals surface area contributed by atoms with Gasteiger partial charge in [-0.2, -0.15) is 0 Å². The molecule has 2 heterocycles. The van der Waals surface area contributed by atoms with E-state index in [1.165, 1.54) is 4.70 Å². The van der Waals surface area contributed by atoms with Gasteiger partial charge in [-0.1, -0.05) is 36.4 Å². The highest BCUT2D eigenvalue weighted by Crippen LogP contribution is 2.30. The largest absolute Gasteiger partial charge is 0.338 e. The lowest BCUT2D eigenvalue weighted by Crippen LogP contribution is -2.25. The number of carbonyl (C=O) groups is 2. The number of benzene rings is 2. The quantitative estimate of drug-likeness (QED) is 0.650. The van der Waals surface area contributed by atoms with Gasteiger partial charge < -0.3 is 4.90 Å². The summed E-state index contributed by atoms with van der Waals surface area (Å²) in [5.41, 5.74) is 3.10. The number of aromatic nitrogens is 1. The van der Waals surface area contributed by atoms with Crippen molar-refractivity contribution < 1.29 is 9.59 Å². The third-order valence-electron chi connectivity index (χ3n) is 4.40. The highest BCUT2D eigenvalue weighted by Gasteiger charge is 2.33. The van der Waals surface area contributed by atoms with Crippen molar-refractivity contribution in [2.24, 2.45) is 5.92 Å². The molecular formula is C19H15ClN2O2S. The molecule has 1 fully saturated rings. The Balaban J connectivity index is 1.50. The summed E-state index contributed by atoms with van der Waals surface area (Å²) < 4.78 is 1.17. The van der Waals surface area contributed by atoms with E-state index in [1.54, 1.807) is 16.2 Å². The van der Waals surface area contributed by atoms with Gasteiger partial charge in [-0.05, 0) is 29.3 Å². The number of amides is 1. The van der Waals surface area contributed by atoms with Crippen molar-refractivity contribution in [3.63, 3.8) is 0 Å². The van der Waals surface area contributed by atoms with Gasteiger partial charge >= 0.3 is 0 Å². The fourth-order valence-electron chi connectivity index (χ4n) is 3.05. The van der Waals surface area contributed by atoms with Crippen LogP contribution in [0, 0.1) is 5.92 Å². The third-order valence-corrected chi connectivity index (χ3v) is 5.80. The molecule has 0 unspecified atom stereocenters. The lowest BCUT2D eigenvalue weighted by molar-refractivity contribution is -0.128. The van der Waals surface area contributed by atoms with Crippen LogP contribution in [0.4, 0.5) is 0 Å². The van der Waals surface area contributed by atoms with E-state index in [2.05, 4.69) is 11.1 Å². The molecule has 0 aliphatic carbocycles. The van der Waals surface area contributed by atoms with E-state index in [4.69, 9.17) is 11.6 Å². The Morgan fingerprint density at radius 3 is 2.64 bits per heavy atom. The van der Waals surface area contributed by atoms with E-state index in [-0.39, 0.29) is 18.2 Å². The summed E-state index contributed by atoms with van der Waals surface area (Å²) in [5, 5.41) is 0.555. The van der Waals surface area contributed by atoms with Gasteiger partial charge in [0.05, 0.1) is 16.1 Å². The van der Waals surface area contributed by atoms with Crippen molar-refractivity contribution in [3.05, 3.63) is 54.1 Å². The molecule has 1 amide bonds. The smallest absolute Gasteiger partial charge is 0.227 e. The minimum absolute atomic E-state index is 0.0192. The van der Waals surface area contributed by atoms with Crippen LogP contribution in [0.25, 0.3) is 20.8 Å². The Labute approximate surface area is 154 Å². The van der Waals surface area contributed by atoms with Gasteiger partial charge in [-0.25, -0.2) is 4.98 Å². The number of para-hydroxylation sites is 1. The molecule has 0 spiro atoms. The van der Waals surface area contributed by atoms with Crippen molar-refractivity contribution in [2.45, 2.75) is 13.0 Å². The summed E-state index contributed by atoms with van der Waals surface area (Å²) in [6, 6.07) is 16.1. The molecule has 126 valence electrons. The van der Waals surface area contributed by atoms with Crippen molar-refractivity contribution in [1.29, 1.82) is 0 Å². The molecule has 25 heavy (non-hydrogen) atoms. The number of thiazole rings is 1. The number of fused-ring (bicyclic) bond motifs is 1. The third kappa shape index (κ3) is 3.30. The molecule has 1 atom stereocenters. The Morgan fingerprint density at radius 1 is 1.20 bits per heavy atom. The zero-order valence-corrected chi connectivity index (χ0v) is 14.9. The Kier molecular flexibility index (Phi) is 4.27. The Morgan fingerprint density at radius 2 is 1.96 bits per heavy atom. The van der Waals surface area contributed by atoms with Crippen LogP contribution in [0.15, 0.2) is 48.5 Å². The van der Waals surface area contributed by atoms with E-state index >= 15 is 0 Å². The van der Waals surface area contributed by atoms with Crippen molar-refractivity contribution in [1.82, 2.24) is 9.88 Å². The minimum Gasteiger partial charge on any atom is -0.338 e. The SMILES string of the molecule is O=C(Cl)[C@@H]1CC(=O)N(Cc2ccc(-c3nc4ccccc4s3)cc2)C1. The maximum Gasteiger partial charge on any atom is 0.227 e. The highest BCUT2D eigenvalue weighted by atomic mass is 35.5. The van der Waals surface area contributed by atoms with Crippen LogP contribution in [0.5, 0.6) is 0 Å². The average Bonchev–Trinajstić information content (AvgIpc) is 3.20. The number of likely N-dealkylation sites (tertiary alicyclic amines) is 1. The lowest BCUT2D eigenvalue weighted by atomic mass is 10.1. The fourth-order valence-corrected chi connectivity index (χ4v) is 4.16. The molecule has 6 heteroatoms. The summed E-state index contributed by atoms with van der Waals surface area (Å²) in [6.07, 6.45) is 0.214.